The average molecular weight is 528 g/mol. The molecular formula is C25H37IO4. The molecule has 0 N–H and O–H groups in total. The molecule has 8 atom stereocenters. The molecule has 0 spiro atoms. The van der Waals surface area contributed by atoms with Crippen LogP contribution >= 0.6 is 22.6 Å². The number of esters is 2. The van der Waals surface area contributed by atoms with Gasteiger partial charge in [0.2, 0.25) is 0 Å². The maximum Gasteiger partial charge on any atom is 0.308 e. The minimum Gasteiger partial charge on any atom is -0.462 e. The van der Waals surface area contributed by atoms with E-state index in [9.17, 15) is 9.59 Å². The summed E-state index contributed by atoms with van der Waals surface area (Å²) in [6, 6.07) is 0. The lowest BCUT2D eigenvalue weighted by Crippen LogP contribution is -2.53. The van der Waals surface area contributed by atoms with Crippen molar-refractivity contribution in [2.24, 2.45) is 29.6 Å². The number of hydrogen-bond donors (Lipinski definition) is 0. The van der Waals surface area contributed by atoms with E-state index < -0.39 is 0 Å². The number of ether oxygens (including phenoxy) is 2. The van der Waals surface area contributed by atoms with E-state index in [-0.39, 0.29) is 33.5 Å². The molecule has 5 heteroatoms. The first-order valence-corrected chi connectivity index (χ1v) is 12.7. The second kappa shape index (κ2) is 9.74. The number of hydrogen-bond acceptors (Lipinski definition) is 4. The van der Waals surface area contributed by atoms with Gasteiger partial charge in [-0.15, -0.1) is 0 Å². The molecule has 0 amide bonds. The minimum atomic E-state index is -0.230. The first kappa shape index (κ1) is 23.8. The largest absolute Gasteiger partial charge is 0.462 e. The van der Waals surface area contributed by atoms with Gasteiger partial charge in [-0.25, -0.2) is 0 Å². The SMILES string of the molecule is CC[C@H](C)C(=O)O[C@H]1C[C@@H](C)C=C2C=C[C@H](C)[C@H](CC[C@@H]3C[C@@H](C)CC(=O)O3)[C@]21I. The lowest BCUT2D eigenvalue weighted by Gasteiger charge is -2.50. The zero-order valence-electron chi connectivity index (χ0n) is 19.0. The fourth-order valence-corrected chi connectivity index (χ4v) is 6.90. The van der Waals surface area contributed by atoms with Gasteiger partial charge < -0.3 is 9.47 Å². The van der Waals surface area contributed by atoms with Crippen LogP contribution in [0.15, 0.2) is 23.8 Å². The van der Waals surface area contributed by atoms with Crippen LogP contribution in [-0.2, 0) is 19.1 Å². The Morgan fingerprint density at radius 1 is 1.30 bits per heavy atom. The molecule has 0 aromatic rings. The fraction of sp³-hybridized carbons (Fsp3) is 0.760. The summed E-state index contributed by atoms with van der Waals surface area (Å²) in [5, 5.41) is 0. The Hall–Kier alpha value is -0.850. The van der Waals surface area contributed by atoms with Crippen LogP contribution in [0.1, 0.15) is 73.1 Å². The summed E-state index contributed by atoms with van der Waals surface area (Å²) in [6.45, 7) is 10.6. The van der Waals surface area contributed by atoms with Crippen LogP contribution in [0.2, 0.25) is 0 Å². The summed E-state index contributed by atoms with van der Waals surface area (Å²) in [5.41, 5.74) is 1.29. The Labute approximate surface area is 195 Å². The summed E-state index contributed by atoms with van der Waals surface area (Å²) in [5.74, 6) is 1.28. The van der Waals surface area contributed by atoms with Crippen molar-refractivity contribution in [3.05, 3.63) is 23.8 Å². The molecular weight excluding hydrogens is 491 g/mol. The quantitative estimate of drug-likeness (QED) is 0.240. The van der Waals surface area contributed by atoms with Gasteiger partial charge in [0, 0.05) is 6.42 Å². The zero-order valence-corrected chi connectivity index (χ0v) is 21.2. The van der Waals surface area contributed by atoms with Crippen molar-refractivity contribution in [2.45, 2.75) is 88.8 Å². The van der Waals surface area contributed by atoms with Gasteiger partial charge in [0.1, 0.15) is 12.2 Å². The van der Waals surface area contributed by atoms with Gasteiger partial charge in [0.05, 0.1) is 9.34 Å². The van der Waals surface area contributed by atoms with Gasteiger partial charge in [0.25, 0.3) is 0 Å². The Morgan fingerprint density at radius 3 is 2.70 bits per heavy atom. The smallest absolute Gasteiger partial charge is 0.308 e. The van der Waals surface area contributed by atoms with E-state index in [2.05, 4.69) is 61.6 Å². The average Bonchev–Trinajstić information content (AvgIpc) is 2.67. The van der Waals surface area contributed by atoms with E-state index in [1.807, 2.05) is 13.8 Å². The van der Waals surface area contributed by atoms with Crippen LogP contribution in [0.25, 0.3) is 0 Å². The normalized spacial score (nSPS) is 39.5. The van der Waals surface area contributed by atoms with Crippen LogP contribution in [0.3, 0.4) is 0 Å². The summed E-state index contributed by atoms with van der Waals surface area (Å²) in [4.78, 5) is 24.6. The van der Waals surface area contributed by atoms with E-state index in [1.165, 1.54) is 5.57 Å². The zero-order chi connectivity index (χ0) is 22.1. The van der Waals surface area contributed by atoms with Gasteiger partial charge in [-0.2, -0.15) is 0 Å². The van der Waals surface area contributed by atoms with E-state index in [0.717, 1.165) is 32.1 Å². The van der Waals surface area contributed by atoms with Crippen molar-refractivity contribution >= 4 is 34.5 Å². The lowest BCUT2D eigenvalue weighted by molar-refractivity contribution is -0.159. The molecule has 1 saturated heterocycles. The van der Waals surface area contributed by atoms with Crippen molar-refractivity contribution in [1.29, 1.82) is 0 Å². The highest BCUT2D eigenvalue weighted by atomic mass is 127. The van der Waals surface area contributed by atoms with Gasteiger partial charge in [0.15, 0.2) is 0 Å². The number of rotatable bonds is 6. The van der Waals surface area contributed by atoms with E-state index >= 15 is 0 Å². The molecule has 0 aromatic heterocycles. The second-order valence-electron chi connectivity index (χ2n) is 9.90. The Bertz CT molecular complexity index is 714. The van der Waals surface area contributed by atoms with Crippen molar-refractivity contribution in [2.75, 3.05) is 0 Å². The van der Waals surface area contributed by atoms with E-state index in [1.54, 1.807) is 0 Å². The first-order chi connectivity index (χ1) is 14.1. The van der Waals surface area contributed by atoms with Crippen molar-refractivity contribution in [3.63, 3.8) is 0 Å². The van der Waals surface area contributed by atoms with Gasteiger partial charge >= 0.3 is 11.9 Å². The Balaban J connectivity index is 1.82. The summed E-state index contributed by atoms with van der Waals surface area (Å²) in [7, 11) is 0. The molecule has 0 bridgehead atoms. The number of carbonyl (C=O) groups is 2. The molecule has 168 valence electrons. The van der Waals surface area contributed by atoms with Crippen LogP contribution in [-0.4, -0.2) is 27.6 Å². The summed E-state index contributed by atoms with van der Waals surface area (Å²) in [6.07, 6.45) is 11.8. The van der Waals surface area contributed by atoms with Gasteiger partial charge in [-0.05, 0) is 61.3 Å². The Kier molecular flexibility index (Phi) is 7.73. The molecule has 3 aliphatic rings. The predicted molar refractivity (Wildman–Crippen MR) is 127 cm³/mol. The number of carbonyl (C=O) groups excluding carboxylic acids is 2. The minimum absolute atomic E-state index is 0.00964. The maximum atomic E-state index is 12.7. The molecule has 1 aliphatic heterocycles. The van der Waals surface area contributed by atoms with Crippen molar-refractivity contribution in [1.82, 2.24) is 0 Å². The summed E-state index contributed by atoms with van der Waals surface area (Å²) < 4.78 is 11.6. The molecule has 0 unspecified atom stereocenters. The molecule has 0 aromatic carbocycles. The molecule has 4 nitrogen and oxygen atoms in total. The predicted octanol–water partition coefficient (Wildman–Crippen LogP) is 6.03. The maximum absolute atomic E-state index is 12.7. The number of fused-ring (bicyclic) bond motifs is 1. The number of halogens is 1. The van der Waals surface area contributed by atoms with Crippen LogP contribution in [0.5, 0.6) is 0 Å². The van der Waals surface area contributed by atoms with Crippen LogP contribution < -0.4 is 0 Å². The molecule has 0 radical (unpaired) electrons. The topological polar surface area (TPSA) is 52.6 Å². The fourth-order valence-electron chi connectivity index (χ4n) is 5.28. The summed E-state index contributed by atoms with van der Waals surface area (Å²) >= 11 is 2.58. The molecule has 1 fully saturated rings. The van der Waals surface area contributed by atoms with Crippen molar-refractivity contribution < 1.29 is 19.1 Å². The third kappa shape index (κ3) is 4.97. The highest BCUT2D eigenvalue weighted by Gasteiger charge is 2.53. The van der Waals surface area contributed by atoms with Gasteiger partial charge in [-0.3, -0.25) is 9.59 Å². The molecule has 1 heterocycles. The van der Waals surface area contributed by atoms with Crippen LogP contribution in [0.4, 0.5) is 0 Å². The van der Waals surface area contributed by atoms with Crippen LogP contribution in [0, 0.1) is 29.6 Å². The third-order valence-electron chi connectivity index (χ3n) is 7.27. The second-order valence-corrected chi connectivity index (χ2v) is 11.7. The standard InChI is InChI=1S/C25H37IO4/c1-6-17(4)24(28)30-22-13-15(2)11-19-8-7-18(5)21(25(19,22)26)10-9-20-12-16(3)14-23(27)29-20/h7-8,11,15-18,20-22H,6,9-10,12-14H2,1-5H3/t15-,16+,17-,18-,20+,21-,22-,25+/m0/s1. The highest BCUT2D eigenvalue weighted by Crippen LogP contribution is 2.54. The molecule has 3 rings (SSSR count). The molecule has 2 aliphatic carbocycles. The molecule has 30 heavy (non-hydrogen) atoms. The van der Waals surface area contributed by atoms with Gasteiger partial charge in [-0.1, -0.05) is 75.4 Å². The van der Waals surface area contributed by atoms with Crippen molar-refractivity contribution in [3.8, 4) is 0 Å². The third-order valence-corrected chi connectivity index (χ3v) is 9.38. The number of alkyl halides is 1. The number of allylic oxidation sites excluding steroid dienone is 3. The lowest BCUT2D eigenvalue weighted by atomic mass is 9.65. The molecule has 0 saturated carbocycles. The first-order valence-electron chi connectivity index (χ1n) is 11.6. The van der Waals surface area contributed by atoms with E-state index in [4.69, 9.17) is 9.47 Å². The van der Waals surface area contributed by atoms with E-state index in [0.29, 0.717) is 30.1 Å². The Morgan fingerprint density at radius 2 is 2.03 bits per heavy atom. The number of cyclic esters (lactones) is 1. The highest BCUT2D eigenvalue weighted by molar-refractivity contribution is 14.1. The monoisotopic (exact) mass is 528 g/mol.